The van der Waals surface area contributed by atoms with Crippen LogP contribution in [0.3, 0.4) is 0 Å². The molecule has 0 amide bonds. The van der Waals surface area contributed by atoms with Crippen molar-refractivity contribution in [3.05, 3.63) is 176 Å². The molecule has 7 aromatic rings. The molecule has 3 aliphatic rings. The van der Waals surface area contributed by atoms with Gasteiger partial charge in [-0.3, -0.25) is 4.79 Å². The molecule has 0 bridgehead atoms. The first kappa shape index (κ1) is 51.4. The minimum Gasteiger partial charge on any atom is -0.486 e. The number of carboxylic acids is 2. The first-order valence-corrected chi connectivity index (χ1v) is 25.9. The molecule has 2 aliphatic carbocycles. The Labute approximate surface area is 435 Å². The van der Waals surface area contributed by atoms with E-state index in [2.05, 4.69) is 164 Å². The molecule has 0 saturated heterocycles. The molecule has 0 fully saturated rings. The number of nitrogens with zero attached hydrogens (tertiary/aromatic N) is 4. The Bertz CT molecular complexity index is 3290. The van der Waals surface area contributed by atoms with Crippen molar-refractivity contribution in [1.82, 2.24) is 0 Å². The molecule has 0 saturated carbocycles. The summed E-state index contributed by atoms with van der Waals surface area (Å²) >= 11 is 3.15. The number of hydrogen-bond donors (Lipinski definition) is 2. The Morgan fingerprint density at radius 1 is 0.712 bits per heavy atom. The molecular weight excluding hydrogens is 949 g/mol. The van der Waals surface area contributed by atoms with Crippen molar-refractivity contribution < 1.29 is 29.3 Å². The third-order valence-electron chi connectivity index (χ3n) is 13.6. The number of unbranched alkanes of at least 4 members (excludes halogenated alkanes) is 3. The highest BCUT2D eigenvalue weighted by atomic mass is 32.1. The van der Waals surface area contributed by atoms with Crippen LogP contribution in [-0.2, 0) is 26.8 Å². The van der Waals surface area contributed by atoms with Gasteiger partial charge in [0.1, 0.15) is 13.2 Å². The number of carboxylic acid groups (broad SMARTS) is 2. The second-order valence-corrected chi connectivity index (χ2v) is 21.1. The highest BCUT2D eigenvalue weighted by Crippen LogP contribution is 2.55. The lowest BCUT2D eigenvalue weighted by atomic mass is 9.82. The van der Waals surface area contributed by atoms with Gasteiger partial charge in [-0.15, -0.1) is 22.7 Å². The fraction of sp³-hybridized carbons (Fsp3) is 0.262. The van der Waals surface area contributed by atoms with E-state index in [9.17, 15) is 14.7 Å². The Balaban J connectivity index is 0.000000730. The van der Waals surface area contributed by atoms with Crippen LogP contribution in [-0.4, -0.2) is 41.9 Å². The molecular formula is C61H56N4O6S2. The number of rotatable bonds is 13. The van der Waals surface area contributed by atoms with Crippen molar-refractivity contribution in [2.45, 2.75) is 84.5 Å². The highest BCUT2D eigenvalue weighted by Gasteiger charge is 2.38. The van der Waals surface area contributed by atoms with E-state index in [1.807, 2.05) is 0 Å². The Kier molecular flexibility index (Phi) is 15.4. The summed E-state index contributed by atoms with van der Waals surface area (Å²) in [7, 11) is 0. The van der Waals surface area contributed by atoms with Crippen LogP contribution in [0, 0.1) is 24.5 Å². The lowest BCUT2D eigenvalue weighted by Gasteiger charge is -2.30. The summed E-state index contributed by atoms with van der Waals surface area (Å²) in [5, 5.41) is 24.7. The van der Waals surface area contributed by atoms with Gasteiger partial charge in [0.05, 0.1) is 22.4 Å². The number of ether oxygens (including phenoxy) is 2. The van der Waals surface area contributed by atoms with E-state index in [1.54, 1.807) is 17.4 Å². The van der Waals surface area contributed by atoms with E-state index in [0.29, 0.717) is 29.6 Å². The average Bonchev–Trinajstić information content (AvgIpc) is 4.10. The molecule has 1 aliphatic heterocycles. The van der Waals surface area contributed by atoms with Crippen molar-refractivity contribution in [1.29, 1.82) is 5.26 Å². The second kappa shape index (κ2) is 21.8. The fourth-order valence-electron chi connectivity index (χ4n) is 10.1. The smallest absolute Gasteiger partial charge is 0.384 e. The third kappa shape index (κ3) is 10.1. The zero-order chi connectivity index (χ0) is 52.0. The normalized spacial score (nSPS) is 13.7. The number of nitriles is 1. The monoisotopic (exact) mass is 1000 g/mol. The summed E-state index contributed by atoms with van der Waals surface area (Å²) in [6.45, 7) is 26.8. The molecule has 2 N–H and O–H groups in total. The minimum absolute atomic E-state index is 0.144. The molecule has 10 rings (SSSR count). The van der Waals surface area contributed by atoms with E-state index in [4.69, 9.17) is 33.0 Å². The molecule has 2 aromatic heterocycles. The zero-order valence-electron chi connectivity index (χ0n) is 41.8. The largest absolute Gasteiger partial charge is 0.486 e. The maximum atomic E-state index is 11.8. The molecule has 368 valence electrons. The van der Waals surface area contributed by atoms with E-state index in [0.717, 1.165) is 51.6 Å². The number of benzene rings is 5. The number of anilines is 3. The number of aliphatic carboxylic acids is 2. The van der Waals surface area contributed by atoms with Crippen LogP contribution >= 0.6 is 22.7 Å². The number of aryl methyl sites for hydroxylation is 1. The number of carbonyl (C=O) groups is 2. The average molecular weight is 1010 g/mol. The zero-order valence-corrected chi connectivity index (χ0v) is 43.5. The summed E-state index contributed by atoms with van der Waals surface area (Å²) < 4.78 is 12.3. The van der Waals surface area contributed by atoms with Crippen LogP contribution in [0.15, 0.2) is 121 Å². The molecule has 0 spiro atoms. The van der Waals surface area contributed by atoms with Crippen LogP contribution in [0.1, 0.15) is 99.9 Å². The first-order chi connectivity index (χ1) is 35.2. The lowest BCUT2D eigenvalue weighted by Crippen LogP contribution is -2.18. The van der Waals surface area contributed by atoms with Gasteiger partial charge < -0.3 is 29.4 Å². The SMILES string of the molecule is CC#N.[C-]#[N+]/C(=C\c1sc(-c2cc(CCCCCC)c(-c3ccc(N(c4ccc5c(c4)C(C)(C)c4ccccc4-5)c4ccc5c(c4)C(C)(C)c4ccccc4-5)cc3)s2)c2c1OCCO2)C(=O)O.[C-]#[N+]CC(=O)O. The predicted molar refractivity (Wildman–Crippen MR) is 294 cm³/mol. The molecule has 73 heavy (non-hydrogen) atoms. The molecule has 0 atom stereocenters. The van der Waals surface area contributed by atoms with Crippen molar-refractivity contribution in [2.75, 3.05) is 24.7 Å². The van der Waals surface area contributed by atoms with Gasteiger partial charge in [-0.25, -0.2) is 16.2 Å². The van der Waals surface area contributed by atoms with E-state index >= 15 is 0 Å². The molecule has 5 aromatic carbocycles. The van der Waals surface area contributed by atoms with Crippen LogP contribution in [0.2, 0.25) is 0 Å². The number of hydrogen-bond acceptors (Lipinski definition) is 8. The number of thiophene rings is 2. The third-order valence-corrected chi connectivity index (χ3v) is 16.1. The number of fused-ring (bicyclic) bond motifs is 7. The van der Waals surface area contributed by atoms with Gasteiger partial charge in [0.2, 0.25) is 0 Å². The van der Waals surface area contributed by atoms with E-state index in [1.165, 1.54) is 92.1 Å². The molecule has 3 heterocycles. The quantitative estimate of drug-likeness (QED) is 0.0664. The highest BCUT2D eigenvalue weighted by molar-refractivity contribution is 7.24. The summed E-state index contributed by atoms with van der Waals surface area (Å²) in [4.78, 5) is 33.2. The molecule has 10 nitrogen and oxygen atoms in total. The molecule has 12 heteroatoms. The topological polar surface area (TPSA) is 129 Å². The standard InChI is InChI=1S/C56H50N2O4S2.C3H3NO2.C2H3N/c1-7-8-9-10-15-35-30-49(53-51-50(61-28-29-62-51)48(63-53)33-47(57-6)54(59)60)64-52(35)34-20-22-36(23-21-34)58(37-24-26-41-39-16-11-13-18-43(39)55(2,3)45(41)31-37)38-25-27-42-40-17-12-14-19-44(40)56(4,5)46(42)32-38;1-4-2-3(5)6;1-2-3/h11-14,16-27,30-33H,7-10,15,28-29H2,1-5H3,(H,59,60);2H2,(H,5,6);1H3/b47-33-;;. The van der Waals surface area contributed by atoms with Crippen molar-refractivity contribution in [3.63, 3.8) is 0 Å². The fourth-order valence-corrected chi connectivity index (χ4v) is 12.6. The van der Waals surface area contributed by atoms with E-state index < -0.39 is 18.5 Å². The van der Waals surface area contributed by atoms with Crippen LogP contribution in [0.4, 0.5) is 17.1 Å². The predicted octanol–water partition coefficient (Wildman–Crippen LogP) is 16.0. The van der Waals surface area contributed by atoms with Gasteiger partial charge in [-0.05, 0) is 117 Å². The second-order valence-electron chi connectivity index (χ2n) is 19.0. The Morgan fingerprint density at radius 3 is 1.75 bits per heavy atom. The minimum atomic E-state index is -1.26. The maximum absolute atomic E-state index is 11.8. The van der Waals surface area contributed by atoms with Gasteiger partial charge in [-0.1, -0.05) is 127 Å². The van der Waals surface area contributed by atoms with Crippen LogP contribution in [0.25, 0.3) is 58.2 Å². The van der Waals surface area contributed by atoms with Crippen molar-refractivity contribution >= 4 is 57.8 Å². The Morgan fingerprint density at radius 2 is 1.25 bits per heavy atom. The molecule has 0 unspecified atom stereocenters. The summed E-state index contributed by atoms with van der Waals surface area (Å²) in [5.41, 5.74) is 15.7. The summed E-state index contributed by atoms with van der Waals surface area (Å²) in [6.07, 6.45) is 6.96. The first-order valence-electron chi connectivity index (χ1n) is 24.3. The summed E-state index contributed by atoms with van der Waals surface area (Å²) in [5.74, 6) is -1.20. The maximum Gasteiger partial charge on any atom is 0.384 e. The van der Waals surface area contributed by atoms with Crippen LogP contribution < -0.4 is 14.4 Å². The van der Waals surface area contributed by atoms with Crippen molar-refractivity contribution in [3.8, 4) is 60.0 Å². The van der Waals surface area contributed by atoms with Gasteiger partial charge in [-0.2, -0.15) is 5.26 Å². The van der Waals surface area contributed by atoms with Crippen LogP contribution in [0.5, 0.6) is 11.5 Å². The summed E-state index contributed by atoms with van der Waals surface area (Å²) in [6, 6.07) is 44.7. The Hall–Kier alpha value is -7.95. The van der Waals surface area contributed by atoms with Gasteiger partial charge in [0, 0.05) is 44.6 Å². The lowest BCUT2D eigenvalue weighted by molar-refractivity contribution is -0.135. The molecule has 0 radical (unpaired) electrons. The van der Waals surface area contributed by atoms with Gasteiger partial charge in [0.25, 0.3) is 5.70 Å². The van der Waals surface area contributed by atoms with E-state index in [-0.39, 0.29) is 16.5 Å². The van der Waals surface area contributed by atoms with Gasteiger partial charge in [0.15, 0.2) is 11.5 Å². The van der Waals surface area contributed by atoms with Gasteiger partial charge >= 0.3 is 18.5 Å². The van der Waals surface area contributed by atoms with Crippen molar-refractivity contribution in [2.24, 2.45) is 0 Å².